The molecule has 0 unspecified atom stereocenters. The lowest BCUT2D eigenvalue weighted by Crippen LogP contribution is -2.01. The van der Waals surface area contributed by atoms with Crippen molar-refractivity contribution >= 4 is 21.6 Å². The highest BCUT2D eigenvalue weighted by Gasteiger charge is 2.28. The molecule has 0 amide bonds. The minimum Gasteiger partial charge on any atom is -0.258 e. The molecule has 0 spiro atoms. The highest BCUT2D eigenvalue weighted by atomic mass is 79.9. The topological polar surface area (TPSA) is 56.0 Å². The van der Waals surface area contributed by atoms with Crippen LogP contribution in [0.3, 0.4) is 0 Å². The Bertz CT molecular complexity index is 386. The number of pyridine rings is 1. The Kier molecular flexibility index (Phi) is 3.04. The number of nitro groups is 1. The van der Waals surface area contributed by atoms with Gasteiger partial charge in [-0.15, -0.1) is 0 Å². The number of halogens is 4. The first-order chi connectivity index (χ1) is 6.45. The van der Waals surface area contributed by atoms with E-state index in [0.717, 1.165) is 0 Å². The lowest BCUT2D eigenvalue weighted by molar-refractivity contribution is -0.387. The van der Waals surface area contributed by atoms with E-state index < -0.39 is 33.0 Å². The molecular formula is C6H2BrF3N2O2. The molecule has 8 heteroatoms. The van der Waals surface area contributed by atoms with E-state index in [0.29, 0.717) is 6.20 Å². The Labute approximate surface area is 84.0 Å². The molecule has 0 aliphatic heterocycles. The third-order valence-electron chi connectivity index (χ3n) is 1.37. The van der Waals surface area contributed by atoms with Gasteiger partial charge in [0.15, 0.2) is 11.5 Å². The van der Waals surface area contributed by atoms with Gasteiger partial charge in [0.2, 0.25) is 0 Å². The van der Waals surface area contributed by atoms with E-state index in [1.54, 1.807) is 0 Å². The van der Waals surface area contributed by atoms with Crippen LogP contribution in [0.4, 0.5) is 18.9 Å². The van der Waals surface area contributed by atoms with Crippen molar-refractivity contribution in [3.8, 4) is 0 Å². The van der Waals surface area contributed by atoms with Crippen LogP contribution in [-0.2, 0) is 0 Å². The first-order valence-corrected chi connectivity index (χ1v) is 4.01. The molecule has 0 atom stereocenters. The second-order valence-electron chi connectivity index (χ2n) is 2.21. The molecule has 0 aromatic carbocycles. The third kappa shape index (κ3) is 1.84. The number of nitrogens with zero attached hydrogens (tertiary/aromatic N) is 2. The number of hydrogen-bond acceptors (Lipinski definition) is 3. The Morgan fingerprint density at radius 2 is 2.14 bits per heavy atom. The molecule has 1 aromatic rings. The number of aromatic nitrogens is 1. The van der Waals surface area contributed by atoms with Crippen LogP contribution >= 0.6 is 15.9 Å². The number of rotatable bonds is 2. The molecule has 0 radical (unpaired) electrons. The summed E-state index contributed by atoms with van der Waals surface area (Å²) in [5.74, 6) is -1.05. The lowest BCUT2D eigenvalue weighted by Gasteiger charge is -2.02. The highest BCUT2D eigenvalue weighted by Crippen LogP contribution is 2.34. The van der Waals surface area contributed by atoms with Gasteiger partial charge >= 0.3 is 5.69 Å². The fraction of sp³-hybridized carbons (Fsp3) is 0.167. The summed E-state index contributed by atoms with van der Waals surface area (Å²) in [5.41, 5.74) is -2.09. The Balaban J connectivity index is 3.45. The van der Waals surface area contributed by atoms with Crippen molar-refractivity contribution in [2.45, 2.75) is 6.43 Å². The first-order valence-electron chi connectivity index (χ1n) is 3.21. The van der Waals surface area contributed by atoms with Crippen molar-refractivity contribution in [2.24, 2.45) is 0 Å². The standard InChI is InChI=1S/C6H2BrF3N2O2/c7-3-2(8)1-11-4(6(9)10)5(3)12(13)14/h1,6H. The predicted octanol–water partition coefficient (Wildman–Crippen LogP) is 2.83. The van der Waals surface area contributed by atoms with Gasteiger partial charge in [-0.2, -0.15) is 0 Å². The number of alkyl halides is 2. The third-order valence-corrected chi connectivity index (χ3v) is 2.12. The van der Waals surface area contributed by atoms with E-state index in [1.807, 2.05) is 0 Å². The summed E-state index contributed by atoms with van der Waals surface area (Å²) >= 11 is 2.51. The zero-order valence-corrected chi connectivity index (χ0v) is 7.96. The van der Waals surface area contributed by atoms with Crippen LogP contribution in [0.2, 0.25) is 0 Å². The summed E-state index contributed by atoms with van der Waals surface area (Å²) in [6.07, 6.45) is -2.62. The van der Waals surface area contributed by atoms with Crippen molar-refractivity contribution in [3.05, 3.63) is 32.3 Å². The van der Waals surface area contributed by atoms with Crippen LogP contribution in [0.15, 0.2) is 10.7 Å². The summed E-state index contributed by atoms with van der Waals surface area (Å²) in [6, 6.07) is 0. The molecule has 0 aliphatic rings. The molecule has 4 nitrogen and oxygen atoms in total. The van der Waals surface area contributed by atoms with Crippen molar-refractivity contribution in [1.29, 1.82) is 0 Å². The smallest absolute Gasteiger partial charge is 0.258 e. The monoisotopic (exact) mass is 270 g/mol. The van der Waals surface area contributed by atoms with Gasteiger partial charge in [0.25, 0.3) is 6.43 Å². The van der Waals surface area contributed by atoms with Crippen molar-refractivity contribution in [1.82, 2.24) is 4.98 Å². The zero-order valence-electron chi connectivity index (χ0n) is 6.38. The molecule has 76 valence electrons. The largest absolute Gasteiger partial charge is 0.313 e. The van der Waals surface area contributed by atoms with E-state index in [1.165, 1.54) is 0 Å². The van der Waals surface area contributed by atoms with Crippen molar-refractivity contribution in [3.63, 3.8) is 0 Å². The van der Waals surface area contributed by atoms with Crippen LogP contribution in [0.5, 0.6) is 0 Å². The maximum Gasteiger partial charge on any atom is 0.313 e. The predicted molar refractivity (Wildman–Crippen MR) is 43.5 cm³/mol. The minimum absolute atomic E-state index is 0.499. The molecule has 0 fully saturated rings. The van der Waals surface area contributed by atoms with E-state index in [2.05, 4.69) is 20.9 Å². The van der Waals surface area contributed by atoms with Crippen molar-refractivity contribution < 1.29 is 18.1 Å². The summed E-state index contributed by atoms with van der Waals surface area (Å²) in [7, 11) is 0. The quantitative estimate of drug-likeness (QED) is 0.613. The van der Waals surface area contributed by atoms with Gasteiger partial charge in [-0.1, -0.05) is 0 Å². The van der Waals surface area contributed by atoms with Gasteiger partial charge in [0, 0.05) is 0 Å². The molecule has 1 aromatic heterocycles. The maximum atomic E-state index is 12.7. The first kappa shape index (κ1) is 10.9. The molecule has 0 aliphatic carbocycles. The summed E-state index contributed by atoms with van der Waals surface area (Å²) in [6.45, 7) is 0. The Morgan fingerprint density at radius 1 is 1.57 bits per heavy atom. The summed E-state index contributed by atoms with van der Waals surface area (Å²) in [5, 5.41) is 10.3. The van der Waals surface area contributed by atoms with Crippen LogP contribution in [0.25, 0.3) is 0 Å². The second-order valence-corrected chi connectivity index (χ2v) is 3.00. The van der Waals surface area contributed by atoms with Gasteiger partial charge in [0.05, 0.1) is 11.1 Å². The molecule has 0 saturated carbocycles. The number of hydrogen-bond donors (Lipinski definition) is 0. The Hall–Kier alpha value is -1.18. The molecule has 0 bridgehead atoms. The van der Waals surface area contributed by atoms with E-state index in [4.69, 9.17) is 0 Å². The highest BCUT2D eigenvalue weighted by molar-refractivity contribution is 9.10. The molecular weight excluding hydrogens is 269 g/mol. The molecule has 0 N–H and O–H groups in total. The minimum atomic E-state index is -3.12. The van der Waals surface area contributed by atoms with Gasteiger partial charge in [-0.25, -0.2) is 18.2 Å². The fourth-order valence-electron chi connectivity index (χ4n) is 0.803. The van der Waals surface area contributed by atoms with E-state index in [9.17, 15) is 23.3 Å². The summed E-state index contributed by atoms with van der Waals surface area (Å²) in [4.78, 5) is 12.2. The molecule has 1 heterocycles. The average Bonchev–Trinajstić information content (AvgIpc) is 2.08. The van der Waals surface area contributed by atoms with Crippen LogP contribution in [0, 0.1) is 15.9 Å². The van der Waals surface area contributed by atoms with E-state index in [-0.39, 0.29) is 0 Å². The molecule has 0 saturated heterocycles. The normalized spacial score (nSPS) is 10.6. The van der Waals surface area contributed by atoms with Gasteiger partial charge in [-0.05, 0) is 15.9 Å². The fourth-order valence-corrected chi connectivity index (χ4v) is 1.25. The SMILES string of the molecule is O=[N+]([O-])c1c(C(F)F)ncc(F)c1Br. The molecule has 1 rings (SSSR count). The van der Waals surface area contributed by atoms with Crippen LogP contribution < -0.4 is 0 Å². The van der Waals surface area contributed by atoms with Gasteiger partial charge < -0.3 is 0 Å². The van der Waals surface area contributed by atoms with Crippen LogP contribution in [0.1, 0.15) is 12.1 Å². The Morgan fingerprint density at radius 3 is 2.57 bits per heavy atom. The summed E-state index contributed by atoms with van der Waals surface area (Å²) < 4.78 is 36.5. The van der Waals surface area contributed by atoms with Gasteiger partial charge in [-0.3, -0.25) is 10.1 Å². The maximum absolute atomic E-state index is 12.7. The average molecular weight is 271 g/mol. The van der Waals surface area contributed by atoms with Gasteiger partial charge in [0.1, 0.15) is 4.47 Å². The van der Waals surface area contributed by atoms with Crippen LogP contribution in [-0.4, -0.2) is 9.91 Å². The second kappa shape index (κ2) is 3.91. The van der Waals surface area contributed by atoms with E-state index >= 15 is 0 Å². The zero-order chi connectivity index (χ0) is 10.9. The lowest BCUT2D eigenvalue weighted by atomic mass is 10.3. The van der Waals surface area contributed by atoms with Crippen molar-refractivity contribution in [2.75, 3.05) is 0 Å². The molecule has 14 heavy (non-hydrogen) atoms.